The minimum atomic E-state index is -3.29. The van der Waals surface area contributed by atoms with Crippen LogP contribution in [0.3, 0.4) is 0 Å². The van der Waals surface area contributed by atoms with Gasteiger partial charge in [-0.1, -0.05) is 0 Å². The number of alkyl halides is 1. The molecule has 0 aliphatic heterocycles. The van der Waals surface area contributed by atoms with Crippen molar-refractivity contribution in [2.24, 2.45) is 0 Å². The Balaban J connectivity index is 3.65. The molecule has 0 unspecified atom stereocenters. The van der Waals surface area contributed by atoms with Gasteiger partial charge in [-0.15, -0.1) is 11.6 Å². The monoisotopic (exact) mass is 300 g/mol. The van der Waals surface area contributed by atoms with Crippen LogP contribution in [0, 0.1) is 0 Å². The predicted molar refractivity (Wildman–Crippen MR) is 71.2 cm³/mol. The van der Waals surface area contributed by atoms with Gasteiger partial charge in [0.25, 0.3) is 0 Å². The smallest absolute Gasteiger partial charge is 0.221 e. The third-order valence-electron chi connectivity index (χ3n) is 2.10. The fourth-order valence-electron chi connectivity index (χ4n) is 1.16. The molecule has 1 amide bonds. The van der Waals surface area contributed by atoms with Gasteiger partial charge in [-0.25, -0.2) is 13.1 Å². The molecule has 8 heteroatoms. The van der Waals surface area contributed by atoms with Crippen LogP contribution >= 0.6 is 11.6 Å². The molecule has 0 radical (unpaired) electrons. The number of rotatable bonds is 11. The van der Waals surface area contributed by atoms with Crippen LogP contribution in [-0.4, -0.2) is 52.8 Å². The highest BCUT2D eigenvalue weighted by Crippen LogP contribution is 1.96. The minimum absolute atomic E-state index is 0.0466. The van der Waals surface area contributed by atoms with Crippen LogP contribution in [0.2, 0.25) is 0 Å². The summed E-state index contributed by atoms with van der Waals surface area (Å²) in [6.07, 6.45) is 1.32. The van der Waals surface area contributed by atoms with Crippen molar-refractivity contribution in [1.29, 1.82) is 0 Å². The van der Waals surface area contributed by atoms with E-state index in [1.54, 1.807) is 7.11 Å². The minimum Gasteiger partial charge on any atom is -0.383 e. The fourth-order valence-corrected chi connectivity index (χ4v) is 2.49. The summed E-state index contributed by atoms with van der Waals surface area (Å²) >= 11 is 5.46. The molecule has 6 nitrogen and oxygen atoms in total. The Morgan fingerprint density at radius 3 is 2.61 bits per heavy atom. The van der Waals surface area contributed by atoms with E-state index in [-0.39, 0.29) is 24.6 Å². The molecule has 2 N–H and O–H groups in total. The third-order valence-corrected chi connectivity index (χ3v) is 3.84. The van der Waals surface area contributed by atoms with Crippen LogP contribution in [0.1, 0.15) is 19.3 Å². The highest BCUT2D eigenvalue weighted by atomic mass is 35.5. The molecular weight excluding hydrogens is 280 g/mol. The first-order chi connectivity index (χ1) is 8.52. The molecule has 0 aromatic rings. The fraction of sp³-hybridized carbons (Fsp3) is 0.900. The molecule has 0 fully saturated rings. The molecule has 0 atom stereocenters. The Kier molecular flexibility index (Phi) is 10.3. The lowest BCUT2D eigenvalue weighted by Crippen LogP contribution is -2.33. The summed E-state index contributed by atoms with van der Waals surface area (Å²) in [5, 5.41) is 2.61. The number of hydrogen-bond acceptors (Lipinski definition) is 4. The van der Waals surface area contributed by atoms with Gasteiger partial charge < -0.3 is 10.1 Å². The SMILES string of the molecule is COCCNC(=O)CCNS(=O)(=O)CCCCCl. The molecule has 0 rings (SSSR count). The number of amides is 1. The Bertz CT molecular complexity index is 322. The molecule has 0 aromatic heterocycles. The van der Waals surface area contributed by atoms with E-state index >= 15 is 0 Å². The van der Waals surface area contributed by atoms with Crippen LogP contribution in [0.5, 0.6) is 0 Å². The lowest BCUT2D eigenvalue weighted by atomic mass is 10.4. The second-order valence-corrected chi connectivity index (χ2v) is 6.01. The van der Waals surface area contributed by atoms with E-state index in [0.29, 0.717) is 31.9 Å². The van der Waals surface area contributed by atoms with Crippen molar-refractivity contribution in [3.8, 4) is 0 Å². The first-order valence-electron chi connectivity index (χ1n) is 5.81. The van der Waals surface area contributed by atoms with E-state index in [1.807, 2.05) is 0 Å². The van der Waals surface area contributed by atoms with Gasteiger partial charge in [0.1, 0.15) is 0 Å². The number of ether oxygens (including phenoxy) is 1. The number of sulfonamides is 1. The third kappa shape index (κ3) is 10.8. The number of hydrogen-bond donors (Lipinski definition) is 2. The standard InChI is InChI=1S/C10H21ClN2O4S/c1-17-8-7-12-10(14)4-6-13-18(15,16)9-3-2-5-11/h13H,2-9H2,1H3,(H,12,14). The highest BCUT2D eigenvalue weighted by molar-refractivity contribution is 7.89. The van der Waals surface area contributed by atoms with Crippen LogP contribution in [0.25, 0.3) is 0 Å². The zero-order valence-electron chi connectivity index (χ0n) is 10.6. The predicted octanol–water partition coefficient (Wildman–Crippen LogP) is 0.0775. The largest absolute Gasteiger partial charge is 0.383 e. The van der Waals surface area contributed by atoms with E-state index in [0.717, 1.165) is 0 Å². The Labute approximate surface area is 113 Å². The molecule has 0 aliphatic rings. The number of carbonyl (C=O) groups excluding carboxylic acids is 1. The van der Waals surface area contributed by atoms with Gasteiger partial charge in [0.15, 0.2) is 0 Å². The van der Waals surface area contributed by atoms with Crippen LogP contribution in [0.15, 0.2) is 0 Å². The van der Waals surface area contributed by atoms with Crippen molar-refractivity contribution >= 4 is 27.5 Å². The molecule has 0 saturated heterocycles. The molecule has 0 saturated carbocycles. The van der Waals surface area contributed by atoms with Gasteiger partial charge in [-0.05, 0) is 12.8 Å². The van der Waals surface area contributed by atoms with Crippen LogP contribution < -0.4 is 10.0 Å². The molecule has 0 aromatic carbocycles. The number of unbranched alkanes of at least 4 members (excludes halogenated alkanes) is 1. The summed E-state index contributed by atoms with van der Waals surface area (Å²) < 4.78 is 30.0. The zero-order chi connectivity index (χ0) is 13.9. The van der Waals surface area contributed by atoms with Crippen molar-refractivity contribution in [2.45, 2.75) is 19.3 Å². The molecule has 0 bridgehead atoms. The number of carbonyl (C=O) groups is 1. The maximum Gasteiger partial charge on any atom is 0.221 e. The molecule has 18 heavy (non-hydrogen) atoms. The van der Waals surface area contributed by atoms with Gasteiger partial charge in [-0.2, -0.15) is 0 Å². The van der Waals surface area contributed by atoms with Crippen molar-refractivity contribution < 1.29 is 17.9 Å². The summed E-state index contributed by atoms with van der Waals surface area (Å²) in [4.78, 5) is 11.2. The Morgan fingerprint density at radius 1 is 1.28 bits per heavy atom. The van der Waals surface area contributed by atoms with Crippen molar-refractivity contribution in [3.05, 3.63) is 0 Å². The Hall–Kier alpha value is -0.370. The average Bonchev–Trinajstić information content (AvgIpc) is 2.29. The number of methoxy groups -OCH3 is 1. The van der Waals surface area contributed by atoms with E-state index in [2.05, 4.69) is 10.0 Å². The molecule has 0 heterocycles. The lowest BCUT2D eigenvalue weighted by molar-refractivity contribution is -0.121. The van der Waals surface area contributed by atoms with Gasteiger partial charge in [0.2, 0.25) is 15.9 Å². The van der Waals surface area contributed by atoms with E-state index < -0.39 is 10.0 Å². The number of nitrogens with one attached hydrogen (secondary N) is 2. The quantitative estimate of drug-likeness (QED) is 0.418. The van der Waals surface area contributed by atoms with Gasteiger partial charge in [-0.3, -0.25) is 4.79 Å². The normalized spacial score (nSPS) is 11.4. The topological polar surface area (TPSA) is 84.5 Å². The maximum absolute atomic E-state index is 11.4. The molecule has 108 valence electrons. The van der Waals surface area contributed by atoms with Crippen LogP contribution in [0.4, 0.5) is 0 Å². The van der Waals surface area contributed by atoms with Crippen molar-refractivity contribution in [1.82, 2.24) is 10.0 Å². The van der Waals surface area contributed by atoms with Gasteiger partial charge in [0.05, 0.1) is 12.4 Å². The van der Waals surface area contributed by atoms with Gasteiger partial charge >= 0.3 is 0 Å². The maximum atomic E-state index is 11.4. The average molecular weight is 301 g/mol. The lowest BCUT2D eigenvalue weighted by Gasteiger charge is -2.07. The summed E-state index contributed by atoms with van der Waals surface area (Å²) in [7, 11) is -1.75. The van der Waals surface area contributed by atoms with Crippen molar-refractivity contribution in [2.75, 3.05) is 38.4 Å². The molecule has 0 spiro atoms. The second kappa shape index (κ2) is 10.5. The summed E-state index contributed by atoms with van der Waals surface area (Å²) in [5.74, 6) is 0.304. The van der Waals surface area contributed by atoms with Crippen molar-refractivity contribution in [3.63, 3.8) is 0 Å². The zero-order valence-corrected chi connectivity index (χ0v) is 12.1. The van der Waals surface area contributed by atoms with Gasteiger partial charge in [0, 0.05) is 32.5 Å². The molecule has 0 aliphatic carbocycles. The molecular formula is C10H21ClN2O4S. The first kappa shape index (κ1) is 17.6. The highest BCUT2D eigenvalue weighted by Gasteiger charge is 2.10. The summed E-state index contributed by atoms with van der Waals surface area (Å²) in [6.45, 7) is 0.982. The van der Waals surface area contributed by atoms with E-state index in [9.17, 15) is 13.2 Å². The second-order valence-electron chi connectivity index (χ2n) is 3.70. The summed E-state index contributed by atoms with van der Waals surface area (Å²) in [5.41, 5.74) is 0. The van der Waals surface area contributed by atoms with E-state index in [1.165, 1.54) is 0 Å². The Morgan fingerprint density at radius 2 is 2.00 bits per heavy atom. The number of halogens is 1. The summed E-state index contributed by atoms with van der Waals surface area (Å²) in [6, 6.07) is 0. The van der Waals surface area contributed by atoms with Crippen LogP contribution in [-0.2, 0) is 19.6 Å². The van der Waals surface area contributed by atoms with E-state index in [4.69, 9.17) is 16.3 Å². The first-order valence-corrected chi connectivity index (χ1v) is 7.99.